The fourth-order valence-electron chi connectivity index (χ4n) is 3.19. The van der Waals surface area contributed by atoms with Crippen LogP contribution in [0.5, 0.6) is 0 Å². The van der Waals surface area contributed by atoms with Gasteiger partial charge in [-0.1, -0.05) is 29.8 Å². The first-order valence-electron chi connectivity index (χ1n) is 8.26. The van der Waals surface area contributed by atoms with E-state index in [2.05, 4.69) is 20.4 Å². The molecule has 7 nitrogen and oxygen atoms in total. The number of pyridine rings is 1. The highest BCUT2D eigenvalue weighted by Crippen LogP contribution is 2.35. The minimum absolute atomic E-state index is 0.428. The number of carbonyl (C=O) groups excluding carboxylic acids is 1. The zero-order valence-corrected chi connectivity index (χ0v) is 14.5. The molecule has 130 valence electrons. The van der Waals surface area contributed by atoms with Crippen LogP contribution >= 0.6 is 0 Å². The van der Waals surface area contributed by atoms with Gasteiger partial charge in [0, 0.05) is 17.5 Å². The van der Waals surface area contributed by atoms with Gasteiger partial charge in [-0.2, -0.15) is 4.98 Å². The maximum absolute atomic E-state index is 12.1. The molecule has 0 unspecified atom stereocenters. The van der Waals surface area contributed by atoms with E-state index in [1.165, 1.54) is 0 Å². The molecule has 3 heterocycles. The minimum Gasteiger partial charge on any atom is -0.366 e. The number of carbonyl (C=O) groups is 1. The number of amides is 1. The number of primary amides is 1. The summed E-state index contributed by atoms with van der Waals surface area (Å²) >= 11 is 0. The van der Waals surface area contributed by atoms with Crippen LogP contribution in [0.2, 0.25) is 0 Å². The quantitative estimate of drug-likeness (QED) is 0.759. The van der Waals surface area contributed by atoms with E-state index in [0.29, 0.717) is 28.7 Å². The molecule has 1 aromatic carbocycles. The molecular weight excluding hydrogens is 328 g/mol. The Labute approximate surface area is 150 Å². The Hall–Kier alpha value is -3.48. The number of anilines is 1. The number of benzene rings is 1. The van der Waals surface area contributed by atoms with Crippen molar-refractivity contribution in [3.05, 3.63) is 71.2 Å². The van der Waals surface area contributed by atoms with Crippen LogP contribution in [0, 0.1) is 6.92 Å². The van der Waals surface area contributed by atoms with Gasteiger partial charge in [-0.3, -0.25) is 9.78 Å². The van der Waals surface area contributed by atoms with Crippen molar-refractivity contribution < 1.29 is 4.79 Å². The zero-order chi connectivity index (χ0) is 18.3. The Bertz CT molecular complexity index is 1020. The van der Waals surface area contributed by atoms with Gasteiger partial charge in [-0.25, -0.2) is 4.68 Å². The molecule has 7 heteroatoms. The Kier molecular flexibility index (Phi) is 3.76. The van der Waals surface area contributed by atoms with E-state index >= 15 is 0 Å². The molecule has 0 aliphatic carbocycles. The van der Waals surface area contributed by atoms with E-state index in [1.54, 1.807) is 17.8 Å². The van der Waals surface area contributed by atoms with Crippen molar-refractivity contribution in [3.8, 4) is 11.4 Å². The van der Waals surface area contributed by atoms with Crippen LogP contribution in [0.4, 0.5) is 5.95 Å². The number of hydrogen-bond acceptors (Lipinski definition) is 5. The van der Waals surface area contributed by atoms with Crippen LogP contribution in [0.1, 0.15) is 24.2 Å². The first-order chi connectivity index (χ1) is 12.5. The highest BCUT2D eigenvalue weighted by atomic mass is 16.1. The number of hydrogen-bond donors (Lipinski definition) is 2. The molecular formula is C19H18N6O. The Balaban J connectivity index is 1.89. The lowest BCUT2D eigenvalue weighted by molar-refractivity contribution is -0.115. The van der Waals surface area contributed by atoms with Crippen molar-refractivity contribution in [2.75, 3.05) is 5.32 Å². The molecule has 2 aromatic heterocycles. The smallest absolute Gasteiger partial charge is 0.248 e. The van der Waals surface area contributed by atoms with Crippen molar-refractivity contribution in [1.29, 1.82) is 0 Å². The van der Waals surface area contributed by atoms with Gasteiger partial charge in [0.15, 0.2) is 5.82 Å². The minimum atomic E-state index is -0.518. The van der Waals surface area contributed by atoms with Gasteiger partial charge in [0.05, 0.1) is 11.3 Å². The second-order valence-corrected chi connectivity index (χ2v) is 6.26. The maximum Gasteiger partial charge on any atom is 0.248 e. The van der Waals surface area contributed by atoms with Gasteiger partial charge in [-0.05, 0) is 32.0 Å². The molecule has 1 amide bonds. The predicted octanol–water partition coefficient (Wildman–Crippen LogP) is 2.42. The number of fused-ring (bicyclic) bond motifs is 1. The molecule has 4 rings (SSSR count). The van der Waals surface area contributed by atoms with Crippen molar-refractivity contribution in [1.82, 2.24) is 19.7 Å². The van der Waals surface area contributed by atoms with Gasteiger partial charge in [0.1, 0.15) is 6.04 Å². The third kappa shape index (κ3) is 2.63. The van der Waals surface area contributed by atoms with Gasteiger partial charge < -0.3 is 11.1 Å². The normalized spacial score (nSPS) is 16.2. The summed E-state index contributed by atoms with van der Waals surface area (Å²) in [4.78, 5) is 21.1. The summed E-state index contributed by atoms with van der Waals surface area (Å²) in [7, 11) is 0. The van der Waals surface area contributed by atoms with Crippen LogP contribution in [-0.2, 0) is 4.79 Å². The average Bonchev–Trinajstić information content (AvgIpc) is 3.04. The molecule has 26 heavy (non-hydrogen) atoms. The SMILES string of the molecule is CC1=C(C(N)=O)[C@@H](c2ccccn2)n2nc(-c3cccc(C)c3)nc2N1. The molecule has 3 aromatic rings. The number of nitrogens with zero attached hydrogens (tertiary/aromatic N) is 4. The Morgan fingerprint density at radius 3 is 2.73 bits per heavy atom. The molecule has 0 bridgehead atoms. The second kappa shape index (κ2) is 6.11. The van der Waals surface area contributed by atoms with Gasteiger partial charge in [0.25, 0.3) is 0 Å². The summed E-state index contributed by atoms with van der Waals surface area (Å²) in [5.41, 5.74) is 9.45. The number of allylic oxidation sites excluding steroid dienone is 1. The summed E-state index contributed by atoms with van der Waals surface area (Å²) < 4.78 is 1.67. The van der Waals surface area contributed by atoms with Crippen LogP contribution in [0.15, 0.2) is 59.9 Å². The fourth-order valence-corrected chi connectivity index (χ4v) is 3.19. The lowest BCUT2D eigenvalue weighted by Gasteiger charge is -2.26. The number of nitrogens with one attached hydrogen (secondary N) is 1. The summed E-state index contributed by atoms with van der Waals surface area (Å²) in [6, 6.07) is 13.0. The molecule has 0 radical (unpaired) electrons. The summed E-state index contributed by atoms with van der Waals surface area (Å²) in [6.07, 6.45) is 1.68. The van der Waals surface area contributed by atoms with Crippen LogP contribution < -0.4 is 11.1 Å². The maximum atomic E-state index is 12.1. The van der Waals surface area contributed by atoms with E-state index < -0.39 is 11.9 Å². The van der Waals surface area contributed by atoms with E-state index in [1.807, 2.05) is 49.4 Å². The number of aromatic nitrogens is 4. The molecule has 0 saturated heterocycles. The lowest BCUT2D eigenvalue weighted by atomic mass is 9.99. The molecule has 0 saturated carbocycles. The predicted molar refractivity (Wildman–Crippen MR) is 98.1 cm³/mol. The monoisotopic (exact) mass is 346 g/mol. The van der Waals surface area contributed by atoms with E-state index in [4.69, 9.17) is 5.73 Å². The van der Waals surface area contributed by atoms with Crippen LogP contribution in [0.25, 0.3) is 11.4 Å². The summed E-state index contributed by atoms with van der Waals surface area (Å²) in [5.74, 6) is 0.624. The topological polar surface area (TPSA) is 98.7 Å². The van der Waals surface area contributed by atoms with Crippen LogP contribution in [0.3, 0.4) is 0 Å². The van der Waals surface area contributed by atoms with Gasteiger partial charge in [0.2, 0.25) is 11.9 Å². The van der Waals surface area contributed by atoms with Gasteiger partial charge >= 0.3 is 0 Å². The summed E-state index contributed by atoms with van der Waals surface area (Å²) in [6.45, 7) is 3.83. The second-order valence-electron chi connectivity index (χ2n) is 6.26. The van der Waals surface area contributed by atoms with Crippen molar-refractivity contribution >= 4 is 11.9 Å². The first-order valence-corrected chi connectivity index (χ1v) is 8.26. The average molecular weight is 346 g/mol. The molecule has 3 N–H and O–H groups in total. The first kappa shape index (κ1) is 16.0. The van der Waals surface area contributed by atoms with Crippen molar-refractivity contribution in [2.45, 2.75) is 19.9 Å². The molecule has 0 fully saturated rings. The molecule has 0 spiro atoms. The Morgan fingerprint density at radius 1 is 1.19 bits per heavy atom. The van der Waals surface area contributed by atoms with Crippen molar-refractivity contribution in [3.63, 3.8) is 0 Å². The third-order valence-electron chi connectivity index (χ3n) is 4.36. The molecule has 1 aliphatic heterocycles. The van der Waals surface area contributed by atoms with Crippen LogP contribution in [-0.4, -0.2) is 25.7 Å². The van der Waals surface area contributed by atoms with Crippen molar-refractivity contribution in [2.24, 2.45) is 5.73 Å². The van der Waals surface area contributed by atoms with E-state index in [9.17, 15) is 4.79 Å². The fraction of sp³-hybridized carbons (Fsp3) is 0.158. The van der Waals surface area contributed by atoms with E-state index in [0.717, 1.165) is 11.1 Å². The van der Waals surface area contributed by atoms with Gasteiger partial charge in [-0.15, -0.1) is 5.10 Å². The highest BCUT2D eigenvalue weighted by molar-refractivity contribution is 5.95. The standard InChI is InChI=1S/C19H18N6O/c1-11-6-5-7-13(10-11)18-23-19-22-12(2)15(17(20)26)16(25(19)24-18)14-8-3-4-9-21-14/h3-10,16H,1-2H3,(H2,20,26)(H,22,23,24)/t16-/m1/s1. The third-order valence-corrected chi connectivity index (χ3v) is 4.36. The number of rotatable bonds is 3. The Morgan fingerprint density at radius 2 is 2.04 bits per heavy atom. The largest absolute Gasteiger partial charge is 0.366 e. The molecule has 1 aliphatic rings. The van der Waals surface area contributed by atoms with E-state index in [-0.39, 0.29) is 0 Å². The zero-order valence-electron chi connectivity index (χ0n) is 14.5. The summed E-state index contributed by atoms with van der Waals surface area (Å²) in [5, 5.41) is 7.78. The number of nitrogens with two attached hydrogens (primary N) is 1. The molecule has 1 atom stereocenters. The highest BCUT2D eigenvalue weighted by Gasteiger charge is 2.34. The number of aryl methyl sites for hydroxylation is 1. The lowest BCUT2D eigenvalue weighted by Crippen LogP contribution is -2.32.